The maximum Gasteiger partial charge on any atom is 0.184 e. The van der Waals surface area contributed by atoms with E-state index >= 15 is 0 Å². The molecule has 0 saturated carbocycles. The Kier molecular flexibility index (Phi) is 13.8. The van der Waals surface area contributed by atoms with E-state index in [9.17, 15) is 0 Å². The highest BCUT2D eigenvalue weighted by atomic mass is 28.4. The monoisotopic (exact) mass is 372 g/mol. The Morgan fingerprint density at radius 1 is 0.625 bits per heavy atom. The van der Waals surface area contributed by atoms with Gasteiger partial charge in [-0.3, -0.25) is 0 Å². The lowest BCUT2D eigenvalue weighted by molar-refractivity contribution is 0.164. The van der Waals surface area contributed by atoms with E-state index in [0.29, 0.717) is 6.10 Å². The number of hydrogen-bond acceptors (Lipinski definition) is 1. The van der Waals surface area contributed by atoms with Gasteiger partial charge in [0.15, 0.2) is 8.32 Å². The van der Waals surface area contributed by atoms with Gasteiger partial charge in [-0.25, -0.2) is 0 Å². The lowest BCUT2D eigenvalue weighted by Gasteiger charge is -2.33. The summed E-state index contributed by atoms with van der Waals surface area (Å²) in [5.74, 6) is 0. The van der Waals surface area contributed by atoms with Gasteiger partial charge in [0, 0.05) is 14.2 Å². The van der Waals surface area contributed by atoms with Gasteiger partial charge < -0.3 is 4.43 Å². The van der Waals surface area contributed by atoms with Gasteiger partial charge in [-0.1, -0.05) is 97.7 Å². The third kappa shape index (κ3) is 15.9. The van der Waals surface area contributed by atoms with Crippen LogP contribution in [0.2, 0.25) is 38.4 Å². The predicted octanol–water partition coefficient (Wildman–Crippen LogP) is 8.18. The fourth-order valence-corrected chi connectivity index (χ4v) is 15.7. The molecule has 3 heteroatoms. The quantitative estimate of drug-likeness (QED) is 0.196. The summed E-state index contributed by atoms with van der Waals surface area (Å²) in [6.45, 7) is 17.0. The molecule has 1 nitrogen and oxygen atoms in total. The summed E-state index contributed by atoms with van der Waals surface area (Å²) in [6.07, 6.45) is 17.0. The van der Waals surface area contributed by atoms with E-state index < -0.39 is 16.4 Å². The van der Waals surface area contributed by atoms with Crippen molar-refractivity contribution in [3.63, 3.8) is 0 Å². The van der Waals surface area contributed by atoms with Crippen molar-refractivity contribution in [3.05, 3.63) is 0 Å². The zero-order chi connectivity index (χ0) is 18.5. The molecule has 0 rings (SSSR count). The van der Waals surface area contributed by atoms with Crippen molar-refractivity contribution in [2.75, 3.05) is 0 Å². The summed E-state index contributed by atoms with van der Waals surface area (Å²) in [6, 6.07) is 0. The minimum Gasteiger partial charge on any atom is -0.415 e. The minimum atomic E-state index is -1.49. The molecule has 0 atom stereocenters. The molecule has 0 N–H and O–H groups in total. The van der Waals surface area contributed by atoms with E-state index in [1.165, 1.54) is 82.7 Å². The molecular formula is C21H48OSi2. The highest BCUT2D eigenvalue weighted by molar-refractivity contribution is 6.92. The topological polar surface area (TPSA) is 9.23 Å². The van der Waals surface area contributed by atoms with Crippen LogP contribution in [0.4, 0.5) is 0 Å². The summed E-state index contributed by atoms with van der Waals surface area (Å²) in [5, 5.41) is 0. The molecular weight excluding hydrogens is 324 g/mol. The van der Waals surface area contributed by atoms with Crippen LogP contribution in [0, 0.1) is 0 Å². The zero-order valence-corrected chi connectivity index (χ0v) is 20.2. The molecule has 0 unspecified atom stereocenters. The Balaban J connectivity index is 4.32. The molecule has 0 spiro atoms. The van der Waals surface area contributed by atoms with Crippen LogP contribution in [0.3, 0.4) is 0 Å². The summed E-state index contributed by atoms with van der Waals surface area (Å²) in [5.41, 5.74) is 1.40. The largest absolute Gasteiger partial charge is 0.415 e. The van der Waals surface area contributed by atoms with E-state index in [1.54, 1.807) is 0 Å². The maximum absolute atomic E-state index is 6.80. The van der Waals surface area contributed by atoms with Gasteiger partial charge in [-0.15, -0.1) is 0 Å². The molecule has 0 bridgehead atoms. The van der Waals surface area contributed by atoms with Crippen LogP contribution >= 0.6 is 0 Å². The van der Waals surface area contributed by atoms with Crippen molar-refractivity contribution in [2.24, 2.45) is 0 Å². The van der Waals surface area contributed by atoms with Gasteiger partial charge in [0.25, 0.3) is 0 Å². The van der Waals surface area contributed by atoms with E-state index in [0.717, 1.165) is 0 Å². The first-order valence-electron chi connectivity index (χ1n) is 10.9. The Labute approximate surface area is 156 Å². The smallest absolute Gasteiger partial charge is 0.184 e. The van der Waals surface area contributed by atoms with Gasteiger partial charge >= 0.3 is 0 Å². The first kappa shape index (κ1) is 24.4. The number of unbranched alkanes of at least 4 members (excludes halogenated alkanes) is 8. The molecule has 146 valence electrons. The van der Waals surface area contributed by atoms with Gasteiger partial charge in [0.2, 0.25) is 0 Å². The lowest BCUT2D eigenvalue weighted by atomic mass is 10.0. The molecule has 0 aromatic carbocycles. The van der Waals surface area contributed by atoms with Crippen LogP contribution in [0.5, 0.6) is 0 Å². The average molecular weight is 373 g/mol. The normalized spacial score (nSPS) is 13.0. The first-order chi connectivity index (χ1) is 11.2. The van der Waals surface area contributed by atoms with E-state index in [4.69, 9.17) is 4.43 Å². The van der Waals surface area contributed by atoms with E-state index in [1.807, 2.05) is 0 Å². The Morgan fingerprint density at radius 3 is 1.42 bits per heavy atom. The molecule has 0 saturated heterocycles. The molecule has 0 fully saturated rings. The van der Waals surface area contributed by atoms with Crippen LogP contribution in [0.15, 0.2) is 0 Å². The predicted molar refractivity (Wildman–Crippen MR) is 117 cm³/mol. The fourth-order valence-electron chi connectivity index (χ4n) is 3.98. The van der Waals surface area contributed by atoms with Gasteiger partial charge in [-0.05, 0) is 31.6 Å². The van der Waals surface area contributed by atoms with Crippen molar-refractivity contribution in [3.8, 4) is 0 Å². The van der Waals surface area contributed by atoms with Gasteiger partial charge in [-0.2, -0.15) is 0 Å². The molecule has 0 aliphatic rings. The molecule has 0 aliphatic heterocycles. The molecule has 0 aromatic heterocycles. The van der Waals surface area contributed by atoms with Crippen molar-refractivity contribution in [1.82, 2.24) is 0 Å². The maximum atomic E-state index is 6.80. The lowest BCUT2D eigenvalue weighted by Crippen LogP contribution is -2.42. The molecule has 0 heterocycles. The second kappa shape index (κ2) is 13.6. The Hall–Kier alpha value is 0.394. The van der Waals surface area contributed by atoms with Crippen LogP contribution < -0.4 is 0 Å². The fraction of sp³-hybridized carbons (Fsp3) is 1.00. The van der Waals surface area contributed by atoms with Crippen molar-refractivity contribution in [2.45, 2.75) is 135 Å². The third-order valence-electron chi connectivity index (χ3n) is 4.70. The molecule has 0 aliphatic carbocycles. The summed E-state index contributed by atoms with van der Waals surface area (Å²) >= 11 is 0. The van der Waals surface area contributed by atoms with E-state index in [-0.39, 0.29) is 0 Å². The Bertz CT molecular complexity index is 270. The second-order valence-corrected chi connectivity index (χ2v) is 19.9. The average Bonchev–Trinajstić information content (AvgIpc) is 2.43. The molecule has 24 heavy (non-hydrogen) atoms. The highest BCUT2D eigenvalue weighted by Crippen LogP contribution is 2.26. The number of hydrogen-bond donors (Lipinski definition) is 0. The van der Waals surface area contributed by atoms with Crippen molar-refractivity contribution in [1.29, 1.82) is 0 Å². The van der Waals surface area contributed by atoms with E-state index in [2.05, 4.69) is 46.6 Å². The van der Waals surface area contributed by atoms with Crippen LogP contribution in [-0.4, -0.2) is 22.5 Å². The molecule has 0 radical (unpaired) electrons. The zero-order valence-electron chi connectivity index (χ0n) is 18.2. The van der Waals surface area contributed by atoms with Crippen molar-refractivity contribution >= 4 is 16.4 Å². The van der Waals surface area contributed by atoms with Crippen LogP contribution in [0.25, 0.3) is 0 Å². The second-order valence-electron chi connectivity index (χ2n) is 9.64. The SMILES string of the molecule is CCCCCCCC(CCCCCCC)O[Si](C)(C)C[Si](C)(C)C. The first-order valence-corrected chi connectivity index (χ1v) is 17.7. The van der Waals surface area contributed by atoms with Gasteiger partial charge in [0.05, 0.1) is 0 Å². The number of rotatable bonds is 16. The standard InChI is InChI=1S/C21H48OSi2/c1-8-10-12-14-16-18-21(19-17-15-13-11-9-2)22-24(6,7)20-23(3,4)5/h21H,8-20H2,1-7H3. The third-order valence-corrected chi connectivity index (χ3v) is 13.3. The minimum absolute atomic E-state index is 0.547. The highest BCUT2D eigenvalue weighted by Gasteiger charge is 2.32. The van der Waals surface area contributed by atoms with Crippen LogP contribution in [0.1, 0.15) is 90.9 Å². The Morgan fingerprint density at radius 2 is 1.04 bits per heavy atom. The van der Waals surface area contributed by atoms with Crippen LogP contribution in [-0.2, 0) is 4.43 Å². The van der Waals surface area contributed by atoms with Gasteiger partial charge in [0.1, 0.15) is 0 Å². The summed E-state index contributed by atoms with van der Waals surface area (Å²) < 4.78 is 6.80. The summed E-state index contributed by atoms with van der Waals surface area (Å²) in [7, 11) is -2.51. The van der Waals surface area contributed by atoms with Crippen molar-refractivity contribution < 1.29 is 4.43 Å². The molecule has 0 aromatic rings. The summed E-state index contributed by atoms with van der Waals surface area (Å²) in [4.78, 5) is 0. The molecule has 0 amide bonds.